The van der Waals surface area contributed by atoms with Gasteiger partial charge in [0.25, 0.3) is 0 Å². The highest BCUT2D eigenvalue weighted by molar-refractivity contribution is 9.10. The average molecular weight is 328 g/mol. The molecule has 0 saturated carbocycles. The van der Waals surface area contributed by atoms with E-state index in [9.17, 15) is 9.50 Å². The maximum atomic E-state index is 13.2. The highest BCUT2D eigenvalue weighted by atomic mass is 79.9. The Labute approximate surface area is 117 Å². The normalized spacial score (nSPS) is 22.9. The first kappa shape index (κ1) is 12.7. The van der Waals surface area contributed by atoms with Gasteiger partial charge in [-0.1, -0.05) is 5.16 Å². The average Bonchev–Trinajstić information content (AvgIpc) is 3.01. The van der Waals surface area contributed by atoms with Crippen molar-refractivity contribution in [3.05, 3.63) is 34.4 Å². The van der Waals surface area contributed by atoms with E-state index in [1.165, 1.54) is 6.07 Å². The summed E-state index contributed by atoms with van der Waals surface area (Å²) in [5.74, 6) is 0.499. The summed E-state index contributed by atoms with van der Waals surface area (Å²) in [6.45, 7) is 0.518. The second-order valence-electron chi connectivity index (χ2n) is 4.44. The summed E-state index contributed by atoms with van der Waals surface area (Å²) in [6.07, 6.45) is 0.162. The summed E-state index contributed by atoms with van der Waals surface area (Å²) in [5.41, 5.74) is 0.668. The van der Waals surface area contributed by atoms with Crippen LogP contribution in [0.2, 0.25) is 0 Å². The van der Waals surface area contributed by atoms with Crippen LogP contribution in [0.15, 0.2) is 27.2 Å². The van der Waals surface area contributed by atoms with Gasteiger partial charge in [0.1, 0.15) is 5.82 Å². The molecule has 2 atom stereocenters. The molecule has 0 unspecified atom stereocenters. The monoisotopic (exact) mass is 327 g/mol. The van der Waals surface area contributed by atoms with E-state index in [0.717, 1.165) is 0 Å². The molecule has 7 heteroatoms. The number of aromatic nitrogens is 2. The molecule has 2 heterocycles. The molecule has 2 aromatic rings. The molecule has 0 radical (unpaired) electrons. The Morgan fingerprint density at radius 3 is 3.00 bits per heavy atom. The first-order valence-electron chi connectivity index (χ1n) is 5.84. The zero-order chi connectivity index (χ0) is 13.4. The standard InChI is InChI=1S/C12H11BrFN3O2/c13-8-3-6(1-2-9(8)14)11-16-12(19-17-11)10-4-7(18)5-15-10/h1-3,7,10,15,18H,4-5H2/t7-,10-/m0/s1. The summed E-state index contributed by atoms with van der Waals surface area (Å²) in [5, 5.41) is 16.4. The fraction of sp³-hybridized carbons (Fsp3) is 0.333. The lowest BCUT2D eigenvalue weighted by Gasteiger charge is -2.01. The van der Waals surface area contributed by atoms with Crippen LogP contribution in [0.25, 0.3) is 11.4 Å². The van der Waals surface area contributed by atoms with E-state index < -0.39 is 0 Å². The Bertz CT molecular complexity index is 604. The molecule has 3 rings (SSSR count). The van der Waals surface area contributed by atoms with Gasteiger partial charge in [-0.15, -0.1) is 0 Å². The number of rotatable bonds is 2. The van der Waals surface area contributed by atoms with Crippen molar-refractivity contribution in [2.45, 2.75) is 18.6 Å². The van der Waals surface area contributed by atoms with Crippen LogP contribution in [0.3, 0.4) is 0 Å². The van der Waals surface area contributed by atoms with Crippen LogP contribution >= 0.6 is 15.9 Å². The minimum absolute atomic E-state index is 0.125. The summed E-state index contributed by atoms with van der Waals surface area (Å²) in [7, 11) is 0. The largest absolute Gasteiger partial charge is 0.392 e. The number of hydrogen-bond donors (Lipinski definition) is 2. The minimum atomic E-state index is -0.389. The van der Waals surface area contributed by atoms with Gasteiger partial charge in [-0.2, -0.15) is 4.98 Å². The first-order chi connectivity index (χ1) is 9.13. The maximum absolute atomic E-state index is 13.2. The van der Waals surface area contributed by atoms with Crippen LogP contribution in [0, 0.1) is 5.82 Å². The minimum Gasteiger partial charge on any atom is -0.392 e. The van der Waals surface area contributed by atoms with Crippen LogP contribution in [0.1, 0.15) is 18.4 Å². The first-order valence-corrected chi connectivity index (χ1v) is 6.63. The number of β-amino-alcohol motifs (C(OH)–C–C–N with tert-alkyl or cyclic N) is 1. The molecule has 0 bridgehead atoms. The van der Waals surface area contributed by atoms with Gasteiger partial charge in [0, 0.05) is 12.1 Å². The van der Waals surface area contributed by atoms with Gasteiger partial charge < -0.3 is 14.9 Å². The van der Waals surface area contributed by atoms with Crippen LogP contribution in [-0.4, -0.2) is 27.9 Å². The van der Waals surface area contributed by atoms with E-state index in [0.29, 0.717) is 34.7 Å². The van der Waals surface area contributed by atoms with Crippen molar-refractivity contribution in [1.82, 2.24) is 15.5 Å². The molecule has 2 N–H and O–H groups in total. The molecule has 0 aliphatic carbocycles. The van der Waals surface area contributed by atoms with Gasteiger partial charge in [-0.05, 0) is 40.5 Å². The highest BCUT2D eigenvalue weighted by Crippen LogP contribution is 2.26. The quantitative estimate of drug-likeness (QED) is 0.883. The van der Waals surface area contributed by atoms with Crippen molar-refractivity contribution < 1.29 is 14.0 Å². The van der Waals surface area contributed by atoms with Gasteiger partial charge in [-0.25, -0.2) is 4.39 Å². The molecule has 0 amide bonds. The molecular formula is C12H11BrFN3O2. The van der Waals surface area contributed by atoms with Crippen molar-refractivity contribution in [3.63, 3.8) is 0 Å². The molecular weight excluding hydrogens is 317 g/mol. The molecule has 1 aromatic carbocycles. The van der Waals surface area contributed by atoms with Gasteiger partial charge in [0.05, 0.1) is 16.6 Å². The summed E-state index contributed by atoms with van der Waals surface area (Å²) in [4.78, 5) is 4.27. The molecule has 1 fully saturated rings. The second-order valence-corrected chi connectivity index (χ2v) is 5.29. The van der Waals surface area contributed by atoms with E-state index in [-0.39, 0.29) is 18.0 Å². The second kappa shape index (κ2) is 4.99. The van der Waals surface area contributed by atoms with Gasteiger partial charge >= 0.3 is 0 Å². The van der Waals surface area contributed by atoms with Crippen molar-refractivity contribution >= 4 is 15.9 Å². The van der Waals surface area contributed by atoms with Gasteiger partial charge in [0.2, 0.25) is 11.7 Å². The van der Waals surface area contributed by atoms with Crippen molar-refractivity contribution in [2.24, 2.45) is 0 Å². The molecule has 1 saturated heterocycles. The predicted octanol–water partition coefficient (Wildman–Crippen LogP) is 2.03. The van der Waals surface area contributed by atoms with E-state index in [4.69, 9.17) is 4.52 Å². The zero-order valence-corrected chi connectivity index (χ0v) is 11.4. The van der Waals surface area contributed by atoms with Crippen LogP contribution < -0.4 is 5.32 Å². The SMILES string of the molecule is O[C@@H]1CN[C@H](c2nc(-c3ccc(F)c(Br)c3)no2)C1. The zero-order valence-electron chi connectivity index (χ0n) is 9.81. The summed E-state index contributed by atoms with van der Waals surface area (Å²) < 4.78 is 18.7. The number of hydrogen-bond acceptors (Lipinski definition) is 5. The van der Waals surface area contributed by atoms with E-state index in [2.05, 4.69) is 31.4 Å². The topological polar surface area (TPSA) is 71.2 Å². The number of halogens is 2. The molecule has 19 heavy (non-hydrogen) atoms. The highest BCUT2D eigenvalue weighted by Gasteiger charge is 2.28. The third kappa shape index (κ3) is 2.54. The molecule has 100 valence electrons. The van der Waals surface area contributed by atoms with E-state index in [1.54, 1.807) is 12.1 Å². The smallest absolute Gasteiger partial charge is 0.244 e. The number of nitrogens with one attached hydrogen (secondary N) is 1. The van der Waals surface area contributed by atoms with Gasteiger partial charge in [0.15, 0.2) is 0 Å². The third-order valence-electron chi connectivity index (χ3n) is 3.03. The van der Waals surface area contributed by atoms with Crippen LogP contribution in [0.5, 0.6) is 0 Å². The Balaban J connectivity index is 1.86. The van der Waals surface area contributed by atoms with Crippen molar-refractivity contribution in [1.29, 1.82) is 0 Å². The Kier molecular flexibility index (Phi) is 3.34. The maximum Gasteiger partial charge on any atom is 0.244 e. The lowest BCUT2D eigenvalue weighted by Crippen LogP contribution is -2.15. The van der Waals surface area contributed by atoms with Gasteiger partial charge in [-0.3, -0.25) is 0 Å². The van der Waals surface area contributed by atoms with Crippen LogP contribution in [-0.2, 0) is 0 Å². The lowest BCUT2D eigenvalue weighted by atomic mass is 10.2. The Morgan fingerprint density at radius 2 is 2.32 bits per heavy atom. The number of nitrogens with zero attached hydrogens (tertiary/aromatic N) is 2. The van der Waals surface area contributed by atoms with E-state index in [1.807, 2.05) is 0 Å². The number of aliphatic hydroxyl groups is 1. The fourth-order valence-electron chi connectivity index (χ4n) is 2.03. The fourth-order valence-corrected chi connectivity index (χ4v) is 2.41. The van der Waals surface area contributed by atoms with Crippen molar-refractivity contribution in [2.75, 3.05) is 6.54 Å². The summed E-state index contributed by atoms with van der Waals surface area (Å²) >= 11 is 3.12. The molecule has 5 nitrogen and oxygen atoms in total. The number of aliphatic hydroxyl groups excluding tert-OH is 1. The third-order valence-corrected chi connectivity index (χ3v) is 3.63. The Morgan fingerprint density at radius 1 is 1.47 bits per heavy atom. The predicted molar refractivity (Wildman–Crippen MR) is 68.8 cm³/mol. The molecule has 0 spiro atoms. The lowest BCUT2D eigenvalue weighted by molar-refractivity contribution is 0.191. The Hall–Kier alpha value is -1.31. The molecule has 1 aliphatic rings. The van der Waals surface area contributed by atoms with Crippen LogP contribution in [0.4, 0.5) is 4.39 Å². The van der Waals surface area contributed by atoms with E-state index >= 15 is 0 Å². The molecule has 1 aliphatic heterocycles. The summed E-state index contributed by atoms with van der Waals surface area (Å²) in [6, 6.07) is 4.40. The molecule has 1 aromatic heterocycles. The number of benzene rings is 1. The van der Waals surface area contributed by atoms with Crippen molar-refractivity contribution in [3.8, 4) is 11.4 Å².